The molecule has 0 aliphatic carbocycles. The van der Waals surface area contributed by atoms with Crippen molar-refractivity contribution in [3.63, 3.8) is 0 Å². The summed E-state index contributed by atoms with van der Waals surface area (Å²) in [4.78, 5) is 17.0. The van der Waals surface area contributed by atoms with Gasteiger partial charge < -0.3 is 10.6 Å². The Labute approximate surface area is 158 Å². The Kier molecular flexibility index (Phi) is 4.67. The Morgan fingerprint density at radius 2 is 1.86 bits per heavy atom. The summed E-state index contributed by atoms with van der Waals surface area (Å²) in [6.07, 6.45) is 3.11. The molecule has 0 bridgehead atoms. The van der Waals surface area contributed by atoms with E-state index in [-0.39, 0.29) is 12.5 Å². The molecule has 0 atom stereocenters. The van der Waals surface area contributed by atoms with Gasteiger partial charge in [-0.1, -0.05) is 24.3 Å². The van der Waals surface area contributed by atoms with Gasteiger partial charge >= 0.3 is 0 Å². The number of para-hydroxylation sites is 1. The standard InChI is InChI=1S/C20H15F2N5O/c21-16-7-6-13(10-17(16)22)11-23-18-8-9-27-19(26-18)15(12-24-27)20(28)25-14-4-2-1-3-5-14/h1-10,12H,11H2,(H,23,26)(H,25,28). The highest BCUT2D eigenvalue weighted by molar-refractivity contribution is 6.08. The van der Waals surface area contributed by atoms with Crippen LogP contribution in [0.4, 0.5) is 20.3 Å². The lowest BCUT2D eigenvalue weighted by Crippen LogP contribution is -2.12. The minimum atomic E-state index is -0.904. The Morgan fingerprint density at radius 1 is 1.04 bits per heavy atom. The zero-order valence-electron chi connectivity index (χ0n) is 14.6. The summed E-state index contributed by atoms with van der Waals surface area (Å²) in [6, 6.07) is 14.4. The topological polar surface area (TPSA) is 71.3 Å². The van der Waals surface area contributed by atoms with Gasteiger partial charge in [0, 0.05) is 18.4 Å². The minimum Gasteiger partial charge on any atom is -0.366 e. The normalized spacial score (nSPS) is 10.8. The lowest BCUT2D eigenvalue weighted by Gasteiger charge is -2.07. The first-order chi connectivity index (χ1) is 13.6. The monoisotopic (exact) mass is 379 g/mol. The number of aromatic nitrogens is 3. The van der Waals surface area contributed by atoms with Gasteiger partial charge in [0.15, 0.2) is 17.3 Å². The van der Waals surface area contributed by atoms with Crippen LogP contribution in [0.15, 0.2) is 67.0 Å². The molecule has 0 saturated heterocycles. The first-order valence-corrected chi connectivity index (χ1v) is 8.49. The Morgan fingerprint density at radius 3 is 2.64 bits per heavy atom. The molecule has 4 aromatic rings. The molecule has 0 aliphatic heterocycles. The SMILES string of the molecule is O=C(Nc1ccccc1)c1cnn2ccc(NCc3ccc(F)c(F)c3)nc12. The summed E-state index contributed by atoms with van der Waals surface area (Å²) >= 11 is 0. The molecule has 0 fully saturated rings. The molecule has 4 rings (SSSR count). The van der Waals surface area contributed by atoms with E-state index in [0.717, 1.165) is 12.1 Å². The zero-order chi connectivity index (χ0) is 19.5. The maximum absolute atomic E-state index is 13.3. The van der Waals surface area contributed by atoms with Crippen LogP contribution in [0, 0.1) is 11.6 Å². The highest BCUT2D eigenvalue weighted by Gasteiger charge is 2.15. The van der Waals surface area contributed by atoms with Gasteiger partial charge in [0.25, 0.3) is 5.91 Å². The summed E-state index contributed by atoms with van der Waals surface area (Å²) in [5, 5.41) is 9.96. The van der Waals surface area contributed by atoms with E-state index in [4.69, 9.17) is 0 Å². The third-order valence-electron chi connectivity index (χ3n) is 4.10. The average Bonchev–Trinajstić information content (AvgIpc) is 3.13. The van der Waals surface area contributed by atoms with E-state index in [2.05, 4.69) is 20.7 Å². The molecule has 2 aromatic heterocycles. The van der Waals surface area contributed by atoms with Crippen molar-refractivity contribution in [1.82, 2.24) is 14.6 Å². The van der Waals surface area contributed by atoms with Crippen molar-refractivity contribution < 1.29 is 13.6 Å². The van der Waals surface area contributed by atoms with Crippen LogP contribution in [0.25, 0.3) is 5.65 Å². The minimum absolute atomic E-state index is 0.250. The van der Waals surface area contributed by atoms with Gasteiger partial charge in [0.05, 0.1) is 6.20 Å². The average molecular weight is 379 g/mol. The van der Waals surface area contributed by atoms with Crippen molar-refractivity contribution in [1.29, 1.82) is 0 Å². The van der Waals surface area contributed by atoms with Gasteiger partial charge in [0.1, 0.15) is 11.4 Å². The van der Waals surface area contributed by atoms with Crippen LogP contribution in [0.3, 0.4) is 0 Å². The molecule has 6 nitrogen and oxygen atoms in total. The van der Waals surface area contributed by atoms with Crippen LogP contribution >= 0.6 is 0 Å². The van der Waals surface area contributed by atoms with E-state index in [1.807, 2.05) is 18.2 Å². The van der Waals surface area contributed by atoms with Gasteiger partial charge in [-0.05, 0) is 35.9 Å². The van der Waals surface area contributed by atoms with Gasteiger partial charge in [-0.15, -0.1) is 0 Å². The fraction of sp³-hybridized carbons (Fsp3) is 0.0500. The largest absolute Gasteiger partial charge is 0.366 e. The number of nitrogens with zero attached hydrogens (tertiary/aromatic N) is 3. The number of halogens is 2. The molecule has 0 unspecified atom stereocenters. The number of nitrogens with one attached hydrogen (secondary N) is 2. The van der Waals surface area contributed by atoms with Crippen molar-refractivity contribution in [3.8, 4) is 0 Å². The number of fused-ring (bicyclic) bond motifs is 1. The predicted octanol–water partition coefficient (Wildman–Crippen LogP) is 3.87. The number of anilines is 2. The van der Waals surface area contributed by atoms with Gasteiger partial charge in [0.2, 0.25) is 0 Å². The van der Waals surface area contributed by atoms with Gasteiger partial charge in [-0.3, -0.25) is 4.79 Å². The lowest BCUT2D eigenvalue weighted by molar-refractivity contribution is 0.102. The molecular formula is C20H15F2N5O. The van der Waals surface area contributed by atoms with Crippen LogP contribution < -0.4 is 10.6 Å². The number of benzene rings is 2. The number of rotatable bonds is 5. The molecule has 2 heterocycles. The van der Waals surface area contributed by atoms with E-state index in [9.17, 15) is 13.6 Å². The first-order valence-electron chi connectivity index (χ1n) is 8.49. The maximum Gasteiger partial charge on any atom is 0.261 e. The second kappa shape index (κ2) is 7.43. The highest BCUT2D eigenvalue weighted by atomic mass is 19.2. The van der Waals surface area contributed by atoms with Crippen molar-refractivity contribution in [2.24, 2.45) is 0 Å². The Hall–Kier alpha value is -3.81. The smallest absolute Gasteiger partial charge is 0.261 e. The number of carbonyl (C=O) groups is 1. The molecule has 0 radical (unpaired) electrons. The summed E-state index contributed by atoms with van der Waals surface area (Å²) < 4.78 is 27.8. The van der Waals surface area contributed by atoms with Crippen molar-refractivity contribution in [2.45, 2.75) is 6.54 Å². The van der Waals surface area contributed by atoms with Crippen LogP contribution in [0.1, 0.15) is 15.9 Å². The lowest BCUT2D eigenvalue weighted by atomic mass is 10.2. The fourth-order valence-corrected chi connectivity index (χ4v) is 2.69. The summed E-state index contributed by atoms with van der Waals surface area (Å²) in [5.41, 5.74) is 1.93. The third-order valence-corrected chi connectivity index (χ3v) is 4.10. The van der Waals surface area contributed by atoms with E-state index in [1.165, 1.54) is 16.8 Å². The van der Waals surface area contributed by atoms with E-state index in [1.54, 1.807) is 24.4 Å². The summed E-state index contributed by atoms with van der Waals surface area (Å²) in [5.74, 6) is -1.65. The van der Waals surface area contributed by atoms with Crippen LogP contribution in [-0.4, -0.2) is 20.5 Å². The fourth-order valence-electron chi connectivity index (χ4n) is 2.69. The molecule has 8 heteroatoms. The molecule has 0 saturated carbocycles. The highest BCUT2D eigenvalue weighted by Crippen LogP contribution is 2.16. The summed E-state index contributed by atoms with van der Waals surface area (Å²) in [6.45, 7) is 0.250. The number of carbonyl (C=O) groups excluding carboxylic acids is 1. The predicted molar refractivity (Wildman–Crippen MR) is 101 cm³/mol. The van der Waals surface area contributed by atoms with Crippen molar-refractivity contribution >= 4 is 23.1 Å². The number of hydrogen-bond donors (Lipinski definition) is 2. The first kappa shape index (κ1) is 17.6. The van der Waals surface area contributed by atoms with Crippen molar-refractivity contribution in [3.05, 3.63) is 89.8 Å². The maximum atomic E-state index is 13.3. The van der Waals surface area contributed by atoms with E-state index < -0.39 is 11.6 Å². The van der Waals surface area contributed by atoms with E-state index >= 15 is 0 Å². The number of amides is 1. The van der Waals surface area contributed by atoms with Crippen LogP contribution in [0.2, 0.25) is 0 Å². The second-order valence-corrected chi connectivity index (χ2v) is 6.06. The number of hydrogen-bond acceptors (Lipinski definition) is 4. The van der Waals surface area contributed by atoms with Crippen LogP contribution in [0.5, 0.6) is 0 Å². The molecule has 2 aromatic carbocycles. The van der Waals surface area contributed by atoms with Gasteiger partial charge in [-0.2, -0.15) is 5.10 Å². The van der Waals surface area contributed by atoms with Crippen molar-refractivity contribution in [2.75, 3.05) is 10.6 Å². The van der Waals surface area contributed by atoms with E-state index in [0.29, 0.717) is 28.3 Å². The zero-order valence-corrected chi connectivity index (χ0v) is 14.6. The Balaban J connectivity index is 1.54. The molecule has 1 amide bonds. The molecule has 28 heavy (non-hydrogen) atoms. The molecule has 0 aliphatic rings. The Bertz CT molecular complexity index is 1140. The summed E-state index contributed by atoms with van der Waals surface area (Å²) in [7, 11) is 0. The van der Waals surface area contributed by atoms with Crippen LogP contribution in [-0.2, 0) is 6.54 Å². The van der Waals surface area contributed by atoms with Gasteiger partial charge in [-0.25, -0.2) is 18.3 Å². The second-order valence-electron chi connectivity index (χ2n) is 6.06. The molecule has 0 spiro atoms. The molecule has 140 valence electrons. The molecular weight excluding hydrogens is 364 g/mol. The third kappa shape index (κ3) is 3.66. The molecule has 2 N–H and O–H groups in total. The quantitative estimate of drug-likeness (QED) is 0.552.